The van der Waals surface area contributed by atoms with E-state index >= 15 is 0 Å². The molecular weight excluding hydrogens is 308 g/mol. The lowest BCUT2D eigenvalue weighted by molar-refractivity contribution is -0.119. The number of hydrogen-bond acceptors (Lipinski definition) is 5. The first-order chi connectivity index (χ1) is 10.4. The standard InChI is InChI=1S/C14H20N2O5S/c1-10(2)5-6-15-14(17)8-16-22(18,19)11-3-4-12-13(7-11)21-9-20-12/h3-4,7,10,16H,5-6,8-9H2,1-2H3,(H,15,17). The Morgan fingerprint density at radius 2 is 2.00 bits per heavy atom. The maximum atomic E-state index is 12.1. The Hall–Kier alpha value is -1.80. The van der Waals surface area contributed by atoms with Crippen LogP contribution < -0.4 is 19.5 Å². The van der Waals surface area contributed by atoms with Gasteiger partial charge in [-0.15, -0.1) is 0 Å². The maximum absolute atomic E-state index is 12.1. The Bertz CT molecular complexity index is 643. The Labute approximate surface area is 130 Å². The molecular formula is C14H20N2O5S. The first-order valence-electron chi connectivity index (χ1n) is 7.04. The van der Waals surface area contributed by atoms with Gasteiger partial charge in [0.1, 0.15) is 0 Å². The molecule has 1 aromatic carbocycles. The number of sulfonamides is 1. The predicted molar refractivity (Wildman–Crippen MR) is 80.2 cm³/mol. The molecule has 0 aliphatic carbocycles. The Morgan fingerprint density at radius 3 is 2.73 bits per heavy atom. The fourth-order valence-corrected chi connectivity index (χ4v) is 2.85. The van der Waals surface area contributed by atoms with Gasteiger partial charge in [-0.2, -0.15) is 0 Å². The van der Waals surface area contributed by atoms with Crippen LogP contribution in [0.5, 0.6) is 11.5 Å². The summed E-state index contributed by atoms with van der Waals surface area (Å²) in [5.74, 6) is 1.00. The average Bonchev–Trinajstić information content (AvgIpc) is 2.92. The van der Waals surface area contributed by atoms with E-state index in [-0.39, 0.29) is 24.1 Å². The minimum absolute atomic E-state index is 0.0340. The second-order valence-electron chi connectivity index (χ2n) is 5.37. The van der Waals surface area contributed by atoms with E-state index in [0.717, 1.165) is 6.42 Å². The van der Waals surface area contributed by atoms with Gasteiger partial charge in [0.2, 0.25) is 22.7 Å². The zero-order valence-electron chi connectivity index (χ0n) is 12.6. The molecule has 0 spiro atoms. The molecule has 0 fully saturated rings. The monoisotopic (exact) mass is 328 g/mol. The van der Waals surface area contributed by atoms with E-state index in [4.69, 9.17) is 9.47 Å². The molecule has 1 heterocycles. The maximum Gasteiger partial charge on any atom is 0.241 e. The van der Waals surface area contributed by atoms with Crippen LogP contribution in [0.15, 0.2) is 23.1 Å². The van der Waals surface area contributed by atoms with Crippen LogP contribution >= 0.6 is 0 Å². The number of hydrogen-bond donors (Lipinski definition) is 2. The number of carbonyl (C=O) groups is 1. The SMILES string of the molecule is CC(C)CCNC(=O)CNS(=O)(=O)c1ccc2c(c1)OCO2. The minimum atomic E-state index is -3.76. The zero-order chi connectivity index (χ0) is 16.2. The molecule has 0 unspecified atom stereocenters. The number of ether oxygens (including phenoxy) is 2. The molecule has 0 radical (unpaired) electrons. The Morgan fingerprint density at radius 1 is 1.27 bits per heavy atom. The molecule has 0 bridgehead atoms. The van der Waals surface area contributed by atoms with E-state index in [0.29, 0.717) is 24.0 Å². The first-order valence-corrected chi connectivity index (χ1v) is 8.53. The lowest BCUT2D eigenvalue weighted by Crippen LogP contribution is -2.37. The summed E-state index contributed by atoms with van der Waals surface area (Å²) >= 11 is 0. The summed E-state index contributed by atoms with van der Waals surface area (Å²) in [5, 5.41) is 2.67. The van der Waals surface area contributed by atoms with Gasteiger partial charge in [0.05, 0.1) is 11.4 Å². The van der Waals surface area contributed by atoms with Crippen molar-refractivity contribution in [1.29, 1.82) is 0 Å². The van der Waals surface area contributed by atoms with Crippen LogP contribution in [-0.2, 0) is 14.8 Å². The fraction of sp³-hybridized carbons (Fsp3) is 0.500. The van der Waals surface area contributed by atoms with E-state index in [1.54, 1.807) is 0 Å². The number of benzene rings is 1. The molecule has 2 N–H and O–H groups in total. The number of carbonyl (C=O) groups excluding carboxylic acids is 1. The molecule has 1 aliphatic heterocycles. The Balaban J connectivity index is 1.90. The lowest BCUT2D eigenvalue weighted by atomic mass is 10.1. The van der Waals surface area contributed by atoms with Crippen molar-refractivity contribution in [2.45, 2.75) is 25.2 Å². The quantitative estimate of drug-likeness (QED) is 0.774. The molecule has 1 aliphatic rings. The normalized spacial score (nSPS) is 13.4. The third kappa shape index (κ3) is 4.35. The van der Waals surface area contributed by atoms with Gasteiger partial charge in [0.15, 0.2) is 11.5 Å². The molecule has 22 heavy (non-hydrogen) atoms. The highest BCUT2D eigenvalue weighted by Gasteiger charge is 2.20. The molecule has 122 valence electrons. The fourth-order valence-electron chi connectivity index (χ4n) is 1.85. The summed E-state index contributed by atoms with van der Waals surface area (Å²) in [5.41, 5.74) is 0. The van der Waals surface area contributed by atoms with Gasteiger partial charge < -0.3 is 14.8 Å². The summed E-state index contributed by atoms with van der Waals surface area (Å²) < 4.78 is 36.8. The summed E-state index contributed by atoms with van der Waals surface area (Å²) in [6.07, 6.45) is 0.848. The number of fused-ring (bicyclic) bond motifs is 1. The molecule has 1 amide bonds. The van der Waals surface area contributed by atoms with Crippen molar-refractivity contribution < 1.29 is 22.7 Å². The molecule has 0 saturated heterocycles. The van der Waals surface area contributed by atoms with Crippen molar-refractivity contribution in [3.05, 3.63) is 18.2 Å². The number of amides is 1. The third-order valence-corrected chi connectivity index (χ3v) is 4.52. The van der Waals surface area contributed by atoms with Crippen LogP contribution in [0.4, 0.5) is 0 Å². The highest BCUT2D eigenvalue weighted by atomic mass is 32.2. The molecule has 7 nitrogen and oxygen atoms in total. The first kappa shape index (κ1) is 16.6. The van der Waals surface area contributed by atoms with Crippen LogP contribution in [0.25, 0.3) is 0 Å². The topological polar surface area (TPSA) is 93.7 Å². The smallest absolute Gasteiger partial charge is 0.241 e. The van der Waals surface area contributed by atoms with E-state index in [1.165, 1.54) is 18.2 Å². The van der Waals surface area contributed by atoms with E-state index < -0.39 is 10.0 Å². The molecule has 0 atom stereocenters. The zero-order valence-corrected chi connectivity index (χ0v) is 13.4. The predicted octanol–water partition coefficient (Wildman–Crippen LogP) is 0.856. The van der Waals surface area contributed by atoms with Crippen molar-refractivity contribution in [1.82, 2.24) is 10.0 Å². The van der Waals surface area contributed by atoms with E-state index in [1.807, 2.05) is 0 Å². The van der Waals surface area contributed by atoms with E-state index in [9.17, 15) is 13.2 Å². The third-order valence-electron chi connectivity index (χ3n) is 3.12. The van der Waals surface area contributed by atoms with Gasteiger partial charge in [-0.25, -0.2) is 13.1 Å². The summed E-state index contributed by atoms with van der Waals surface area (Å²) in [4.78, 5) is 11.6. The van der Waals surface area contributed by atoms with Crippen molar-refractivity contribution in [2.75, 3.05) is 19.9 Å². The Kier molecular flexibility index (Phi) is 5.25. The lowest BCUT2D eigenvalue weighted by Gasteiger charge is -2.09. The molecule has 2 rings (SSSR count). The van der Waals surface area contributed by atoms with Gasteiger partial charge in [-0.3, -0.25) is 4.79 Å². The summed E-state index contributed by atoms with van der Waals surface area (Å²) in [6.45, 7) is 4.41. The second-order valence-corrected chi connectivity index (χ2v) is 7.14. The summed E-state index contributed by atoms with van der Waals surface area (Å²) in [6, 6.07) is 4.31. The molecule has 0 aromatic heterocycles. The molecule has 1 aromatic rings. The van der Waals surface area contributed by atoms with E-state index in [2.05, 4.69) is 23.9 Å². The number of rotatable bonds is 7. The highest BCUT2D eigenvalue weighted by molar-refractivity contribution is 7.89. The van der Waals surface area contributed by atoms with Gasteiger partial charge in [-0.05, 0) is 24.5 Å². The number of nitrogens with one attached hydrogen (secondary N) is 2. The minimum Gasteiger partial charge on any atom is -0.454 e. The molecule has 8 heteroatoms. The van der Waals surface area contributed by atoms with Crippen LogP contribution in [0, 0.1) is 5.92 Å². The summed E-state index contributed by atoms with van der Waals surface area (Å²) in [7, 11) is -3.76. The van der Waals surface area contributed by atoms with Gasteiger partial charge >= 0.3 is 0 Å². The van der Waals surface area contributed by atoms with Gasteiger partial charge in [-0.1, -0.05) is 13.8 Å². The van der Waals surface area contributed by atoms with Crippen molar-refractivity contribution in [2.24, 2.45) is 5.92 Å². The average molecular weight is 328 g/mol. The van der Waals surface area contributed by atoms with Gasteiger partial charge in [0.25, 0.3) is 0 Å². The van der Waals surface area contributed by atoms with Crippen molar-refractivity contribution in [3.8, 4) is 11.5 Å². The molecule has 0 saturated carbocycles. The largest absolute Gasteiger partial charge is 0.454 e. The van der Waals surface area contributed by atoms with Crippen LogP contribution in [0.2, 0.25) is 0 Å². The highest BCUT2D eigenvalue weighted by Crippen LogP contribution is 2.33. The van der Waals surface area contributed by atoms with Crippen LogP contribution in [0.1, 0.15) is 20.3 Å². The van der Waals surface area contributed by atoms with Crippen molar-refractivity contribution in [3.63, 3.8) is 0 Å². The van der Waals surface area contributed by atoms with Crippen LogP contribution in [0.3, 0.4) is 0 Å². The second kappa shape index (κ2) is 6.97. The van der Waals surface area contributed by atoms with Crippen molar-refractivity contribution >= 4 is 15.9 Å². The van der Waals surface area contributed by atoms with Crippen LogP contribution in [-0.4, -0.2) is 34.2 Å². The van der Waals surface area contributed by atoms with Gasteiger partial charge in [0, 0.05) is 12.6 Å².